The Labute approximate surface area is 132 Å². The van der Waals surface area contributed by atoms with Crippen LogP contribution in [-0.2, 0) is 0 Å². The van der Waals surface area contributed by atoms with Crippen LogP contribution in [0.4, 0.5) is 0 Å². The minimum absolute atomic E-state index is 0.465. The van der Waals surface area contributed by atoms with E-state index in [4.69, 9.17) is 14.2 Å². The third-order valence-electron chi connectivity index (χ3n) is 3.42. The summed E-state index contributed by atoms with van der Waals surface area (Å²) in [6, 6.07) is 15.8. The van der Waals surface area contributed by atoms with Crippen molar-refractivity contribution in [1.29, 1.82) is 0 Å². The van der Waals surface area contributed by atoms with Crippen molar-refractivity contribution in [3.8, 4) is 17.2 Å². The Bertz CT molecular complexity index is 561. The maximum absolute atomic E-state index is 5.87. The molecule has 0 atom stereocenters. The maximum atomic E-state index is 5.87. The molecule has 0 spiro atoms. The molecule has 0 heterocycles. The van der Waals surface area contributed by atoms with Crippen molar-refractivity contribution in [2.24, 2.45) is 0 Å². The first kappa shape index (κ1) is 16.2. The molecular weight excluding hydrogens is 276 g/mol. The first-order valence-electron chi connectivity index (χ1n) is 7.69. The first-order valence-corrected chi connectivity index (χ1v) is 7.69. The van der Waals surface area contributed by atoms with Crippen molar-refractivity contribution in [1.82, 2.24) is 0 Å². The van der Waals surface area contributed by atoms with Crippen LogP contribution in [0.1, 0.15) is 31.7 Å². The van der Waals surface area contributed by atoms with E-state index < -0.39 is 0 Å². The molecule has 0 saturated heterocycles. The fraction of sp³-hybridized carbons (Fsp3) is 0.368. The second-order valence-corrected chi connectivity index (χ2v) is 5.42. The van der Waals surface area contributed by atoms with E-state index in [-0.39, 0.29) is 0 Å². The highest BCUT2D eigenvalue weighted by Gasteiger charge is 2.06. The lowest BCUT2D eigenvalue weighted by atomic mass is 10.0. The molecule has 0 N–H and O–H groups in total. The van der Waals surface area contributed by atoms with Crippen LogP contribution >= 0.6 is 0 Å². The van der Waals surface area contributed by atoms with Crippen molar-refractivity contribution < 1.29 is 14.2 Å². The summed E-state index contributed by atoms with van der Waals surface area (Å²) in [4.78, 5) is 0. The first-order chi connectivity index (χ1) is 10.7. The molecule has 0 saturated carbocycles. The molecule has 3 heteroatoms. The van der Waals surface area contributed by atoms with E-state index in [2.05, 4.69) is 26.0 Å². The summed E-state index contributed by atoms with van der Waals surface area (Å²) in [5.41, 5.74) is 1.25. The van der Waals surface area contributed by atoms with Crippen LogP contribution in [0.2, 0.25) is 0 Å². The number of hydrogen-bond acceptors (Lipinski definition) is 3. The van der Waals surface area contributed by atoms with E-state index in [1.807, 2.05) is 36.4 Å². The Balaban J connectivity index is 1.73. The molecule has 0 radical (unpaired) electrons. The van der Waals surface area contributed by atoms with Crippen LogP contribution < -0.4 is 14.2 Å². The van der Waals surface area contributed by atoms with Crippen molar-refractivity contribution in [3.63, 3.8) is 0 Å². The van der Waals surface area contributed by atoms with Crippen molar-refractivity contribution in [3.05, 3.63) is 54.1 Å². The average Bonchev–Trinajstić information content (AvgIpc) is 2.55. The van der Waals surface area contributed by atoms with Crippen LogP contribution in [0.3, 0.4) is 0 Å². The number of para-hydroxylation sites is 1. The lowest BCUT2D eigenvalue weighted by Gasteiger charge is -2.14. The third-order valence-corrected chi connectivity index (χ3v) is 3.42. The lowest BCUT2D eigenvalue weighted by molar-refractivity contribution is 0.245. The highest BCUT2D eigenvalue weighted by Crippen LogP contribution is 2.25. The SMILES string of the molecule is COc1ccc(OCCCOc2ccccc2C(C)C)cc1. The van der Waals surface area contributed by atoms with Crippen molar-refractivity contribution in [2.75, 3.05) is 20.3 Å². The van der Waals surface area contributed by atoms with E-state index in [1.165, 1.54) is 5.56 Å². The fourth-order valence-corrected chi connectivity index (χ4v) is 2.19. The zero-order valence-corrected chi connectivity index (χ0v) is 13.5. The van der Waals surface area contributed by atoms with Crippen LogP contribution in [0.15, 0.2) is 48.5 Å². The van der Waals surface area contributed by atoms with Gasteiger partial charge in [-0.05, 0) is 41.8 Å². The summed E-state index contributed by atoms with van der Waals surface area (Å²) >= 11 is 0. The minimum Gasteiger partial charge on any atom is -0.497 e. The fourth-order valence-electron chi connectivity index (χ4n) is 2.19. The monoisotopic (exact) mass is 300 g/mol. The van der Waals surface area contributed by atoms with Crippen LogP contribution in [0, 0.1) is 0 Å². The highest BCUT2D eigenvalue weighted by atomic mass is 16.5. The predicted molar refractivity (Wildman–Crippen MR) is 89.1 cm³/mol. The standard InChI is InChI=1S/C19H24O3/c1-15(2)18-7-4-5-8-19(18)22-14-6-13-21-17-11-9-16(20-3)10-12-17/h4-5,7-12,15H,6,13-14H2,1-3H3. The molecule has 2 aromatic rings. The number of methoxy groups -OCH3 is 1. The summed E-state index contributed by atoms with van der Waals surface area (Å²) in [5.74, 6) is 3.12. The van der Waals surface area contributed by atoms with E-state index in [0.717, 1.165) is 23.7 Å². The van der Waals surface area contributed by atoms with Crippen LogP contribution in [0.25, 0.3) is 0 Å². The molecule has 3 nitrogen and oxygen atoms in total. The largest absolute Gasteiger partial charge is 0.497 e. The Morgan fingerprint density at radius 2 is 1.45 bits per heavy atom. The summed E-state index contributed by atoms with van der Waals surface area (Å²) in [6.07, 6.45) is 0.846. The Morgan fingerprint density at radius 3 is 2.14 bits per heavy atom. The molecule has 0 aliphatic rings. The molecule has 118 valence electrons. The highest BCUT2D eigenvalue weighted by molar-refractivity contribution is 5.35. The molecule has 0 aliphatic carbocycles. The quantitative estimate of drug-likeness (QED) is 0.663. The third kappa shape index (κ3) is 4.69. The van der Waals surface area contributed by atoms with Crippen LogP contribution in [0.5, 0.6) is 17.2 Å². The molecule has 0 amide bonds. The van der Waals surface area contributed by atoms with E-state index >= 15 is 0 Å². The normalized spacial score (nSPS) is 10.5. The van der Waals surface area contributed by atoms with E-state index in [0.29, 0.717) is 19.1 Å². The van der Waals surface area contributed by atoms with Crippen molar-refractivity contribution >= 4 is 0 Å². The summed E-state index contributed by atoms with van der Waals surface area (Å²) in [5, 5.41) is 0. The molecule has 2 aromatic carbocycles. The zero-order chi connectivity index (χ0) is 15.8. The van der Waals surface area contributed by atoms with Crippen LogP contribution in [-0.4, -0.2) is 20.3 Å². The molecule has 2 rings (SSSR count). The summed E-state index contributed by atoms with van der Waals surface area (Å²) < 4.78 is 16.7. The van der Waals surface area contributed by atoms with Gasteiger partial charge in [0.2, 0.25) is 0 Å². The number of benzene rings is 2. The van der Waals surface area contributed by atoms with Gasteiger partial charge in [0.25, 0.3) is 0 Å². The van der Waals surface area contributed by atoms with E-state index in [1.54, 1.807) is 7.11 Å². The second kappa shape index (κ2) is 8.32. The van der Waals surface area contributed by atoms with Gasteiger partial charge in [0, 0.05) is 6.42 Å². The Kier molecular flexibility index (Phi) is 6.13. The molecule has 0 bridgehead atoms. The summed E-state index contributed by atoms with van der Waals surface area (Å²) in [6.45, 7) is 5.64. The van der Waals surface area contributed by atoms with Gasteiger partial charge in [-0.15, -0.1) is 0 Å². The van der Waals surface area contributed by atoms with Gasteiger partial charge in [-0.25, -0.2) is 0 Å². The Morgan fingerprint density at radius 1 is 0.818 bits per heavy atom. The predicted octanol–water partition coefficient (Wildman–Crippen LogP) is 4.67. The molecule has 0 aliphatic heterocycles. The molecular formula is C19H24O3. The average molecular weight is 300 g/mol. The number of hydrogen-bond donors (Lipinski definition) is 0. The van der Waals surface area contributed by atoms with Gasteiger partial charge in [-0.2, -0.15) is 0 Å². The minimum atomic E-state index is 0.465. The molecule has 0 aromatic heterocycles. The smallest absolute Gasteiger partial charge is 0.122 e. The lowest BCUT2D eigenvalue weighted by Crippen LogP contribution is -2.06. The Hall–Kier alpha value is -2.16. The molecule has 0 unspecified atom stereocenters. The molecule has 0 fully saturated rings. The van der Waals surface area contributed by atoms with Gasteiger partial charge in [0.05, 0.1) is 20.3 Å². The van der Waals surface area contributed by atoms with Gasteiger partial charge in [-0.3, -0.25) is 0 Å². The van der Waals surface area contributed by atoms with Crippen molar-refractivity contribution in [2.45, 2.75) is 26.2 Å². The second-order valence-electron chi connectivity index (χ2n) is 5.42. The molecule has 22 heavy (non-hydrogen) atoms. The zero-order valence-electron chi connectivity index (χ0n) is 13.5. The summed E-state index contributed by atoms with van der Waals surface area (Å²) in [7, 11) is 1.65. The van der Waals surface area contributed by atoms with Gasteiger partial charge >= 0.3 is 0 Å². The van der Waals surface area contributed by atoms with Gasteiger partial charge in [0.15, 0.2) is 0 Å². The van der Waals surface area contributed by atoms with Gasteiger partial charge in [0.1, 0.15) is 17.2 Å². The topological polar surface area (TPSA) is 27.7 Å². The number of ether oxygens (including phenoxy) is 3. The number of rotatable bonds is 8. The van der Waals surface area contributed by atoms with E-state index in [9.17, 15) is 0 Å². The van der Waals surface area contributed by atoms with Gasteiger partial charge in [-0.1, -0.05) is 32.0 Å². The maximum Gasteiger partial charge on any atom is 0.122 e. The van der Waals surface area contributed by atoms with Gasteiger partial charge < -0.3 is 14.2 Å².